The summed E-state index contributed by atoms with van der Waals surface area (Å²) in [6.45, 7) is 5.74. The Balaban J connectivity index is 2.07. The van der Waals surface area contributed by atoms with Gasteiger partial charge in [0.15, 0.2) is 5.16 Å². The summed E-state index contributed by atoms with van der Waals surface area (Å²) in [5, 5.41) is 10.1. The molecule has 0 aliphatic rings. The molecular formula is C15H21N3O3S. The number of amides is 1. The van der Waals surface area contributed by atoms with Gasteiger partial charge in [0, 0.05) is 13.1 Å². The third kappa shape index (κ3) is 3.92. The van der Waals surface area contributed by atoms with Crippen molar-refractivity contribution in [3.8, 4) is 0 Å². The van der Waals surface area contributed by atoms with E-state index in [0.29, 0.717) is 36.2 Å². The number of furan rings is 1. The number of carbonyl (C=O) groups excluding carboxylic acids is 1. The fraction of sp³-hybridized carbons (Fsp3) is 0.467. The molecule has 0 aliphatic heterocycles. The van der Waals surface area contributed by atoms with E-state index in [9.17, 15) is 9.90 Å². The van der Waals surface area contributed by atoms with E-state index in [4.69, 9.17) is 4.42 Å². The monoisotopic (exact) mass is 323 g/mol. The summed E-state index contributed by atoms with van der Waals surface area (Å²) in [7, 11) is 0. The van der Waals surface area contributed by atoms with Crippen LogP contribution in [0.15, 0.2) is 34.2 Å². The first kappa shape index (κ1) is 16.6. The third-order valence-corrected chi connectivity index (χ3v) is 4.37. The number of aliphatic hydroxyl groups is 1. The van der Waals surface area contributed by atoms with E-state index in [-0.39, 0.29) is 12.5 Å². The second-order valence-electron chi connectivity index (χ2n) is 4.71. The van der Waals surface area contributed by atoms with Crippen LogP contribution in [-0.2, 0) is 17.9 Å². The largest absolute Gasteiger partial charge is 0.467 e. The first-order valence-electron chi connectivity index (χ1n) is 7.27. The van der Waals surface area contributed by atoms with Crippen LogP contribution >= 0.6 is 11.8 Å². The van der Waals surface area contributed by atoms with Gasteiger partial charge in [-0.3, -0.25) is 4.79 Å². The Morgan fingerprint density at radius 2 is 2.23 bits per heavy atom. The first-order chi connectivity index (χ1) is 10.7. The number of hydrogen-bond donors (Lipinski definition) is 1. The van der Waals surface area contributed by atoms with E-state index >= 15 is 0 Å². The number of thioether (sulfide) groups is 1. The summed E-state index contributed by atoms with van der Waals surface area (Å²) in [4.78, 5) is 18.2. The summed E-state index contributed by atoms with van der Waals surface area (Å²) < 4.78 is 7.22. The van der Waals surface area contributed by atoms with Crippen LogP contribution in [0.25, 0.3) is 0 Å². The van der Waals surface area contributed by atoms with E-state index in [0.717, 1.165) is 5.76 Å². The highest BCUT2D eigenvalue weighted by Crippen LogP contribution is 2.21. The lowest BCUT2D eigenvalue weighted by molar-refractivity contribution is -0.127. The predicted octanol–water partition coefficient (Wildman–Crippen LogP) is 1.98. The zero-order valence-electron chi connectivity index (χ0n) is 12.9. The second-order valence-corrected chi connectivity index (χ2v) is 5.65. The van der Waals surface area contributed by atoms with Gasteiger partial charge in [-0.15, -0.1) is 0 Å². The van der Waals surface area contributed by atoms with Gasteiger partial charge >= 0.3 is 0 Å². The van der Waals surface area contributed by atoms with Crippen LogP contribution in [0.4, 0.5) is 0 Å². The fourth-order valence-corrected chi connectivity index (χ4v) is 3.05. The van der Waals surface area contributed by atoms with Crippen molar-refractivity contribution in [2.75, 3.05) is 18.8 Å². The van der Waals surface area contributed by atoms with Gasteiger partial charge in [0.1, 0.15) is 5.76 Å². The van der Waals surface area contributed by atoms with Crippen LogP contribution < -0.4 is 0 Å². The normalized spacial score (nSPS) is 10.9. The van der Waals surface area contributed by atoms with Crippen molar-refractivity contribution in [1.29, 1.82) is 0 Å². The van der Waals surface area contributed by atoms with E-state index < -0.39 is 0 Å². The van der Waals surface area contributed by atoms with Crippen LogP contribution in [0.2, 0.25) is 0 Å². The van der Waals surface area contributed by atoms with Crippen molar-refractivity contribution in [3.05, 3.63) is 36.0 Å². The van der Waals surface area contributed by atoms with E-state index in [1.54, 1.807) is 17.4 Å². The fourth-order valence-electron chi connectivity index (χ4n) is 2.15. The minimum atomic E-state index is -0.0989. The maximum absolute atomic E-state index is 12.1. The third-order valence-electron chi connectivity index (χ3n) is 3.40. The zero-order valence-corrected chi connectivity index (χ0v) is 13.7. The maximum atomic E-state index is 12.1. The molecule has 22 heavy (non-hydrogen) atoms. The van der Waals surface area contributed by atoms with Gasteiger partial charge in [-0.05, 0) is 26.0 Å². The molecule has 0 radical (unpaired) electrons. The molecule has 2 aromatic heterocycles. The van der Waals surface area contributed by atoms with Crippen molar-refractivity contribution in [2.45, 2.75) is 32.2 Å². The Hall–Kier alpha value is -1.73. The van der Waals surface area contributed by atoms with Crippen molar-refractivity contribution < 1.29 is 14.3 Å². The number of aliphatic hydroxyl groups excluding tert-OH is 1. The molecule has 2 heterocycles. The number of rotatable bonds is 8. The lowest BCUT2D eigenvalue weighted by atomic mass is 10.4. The average Bonchev–Trinajstić information content (AvgIpc) is 3.17. The van der Waals surface area contributed by atoms with E-state index in [2.05, 4.69) is 4.98 Å². The molecule has 2 aromatic rings. The number of carbonyl (C=O) groups is 1. The molecular weight excluding hydrogens is 302 g/mol. The topological polar surface area (TPSA) is 71.5 Å². The van der Waals surface area contributed by atoms with E-state index in [1.807, 2.05) is 30.5 Å². The van der Waals surface area contributed by atoms with Gasteiger partial charge in [0.05, 0.1) is 37.1 Å². The summed E-state index contributed by atoms with van der Waals surface area (Å²) in [6, 6.07) is 3.69. The molecule has 0 bridgehead atoms. The molecule has 1 amide bonds. The van der Waals surface area contributed by atoms with Gasteiger partial charge in [-0.1, -0.05) is 11.8 Å². The van der Waals surface area contributed by atoms with Crippen LogP contribution in [-0.4, -0.2) is 44.3 Å². The quantitative estimate of drug-likeness (QED) is 0.752. The van der Waals surface area contributed by atoms with Crippen molar-refractivity contribution >= 4 is 17.7 Å². The van der Waals surface area contributed by atoms with Crippen LogP contribution in [0.3, 0.4) is 0 Å². The minimum absolute atomic E-state index is 0.0908. The van der Waals surface area contributed by atoms with Gasteiger partial charge in [-0.2, -0.15) is 0 Å². The SMILES string of the molecule is CCN(CC)C(=O)CSc1ncc(CO)n1Cc1ccco1. The van der Waals surface area contributed by atoms with Crippen molar-refractivity contribution in [1.82, 2.24) is 14.5 Å². The summed E-state index contributed by atoms with van der Waals surface area (Å²) >= 11 is 1.38. The standard InChI is InChI=1S/C15H21N3O3S/c1-3-17(4-2)14(20)11-22-15-16-8-12(10-19)18(15)9-13-6-5-7-21-13/h5-8,19H,3-4,9-11H2,1-2H3. The second kappa shape index (κ2) is 8.05. The highest BCUT2D eigenvalue weighted by atomic mass is 32.2. The van der Waals surface area contributed by atoms with Crippen molar-refractivity contribution in [3.63, 3.8) is 0 Å². The Morgan fingerprint density at radius 3 is 2.82 bits per heavy atom. The number of nitrogens with zero attached hydrogens (tertiary/aromatic N) is 3. The molecule has 0 fully saturated rings. The zero-order chi connectivity index (χ0) is 15.9. The maximum Gasteiger partial charge on any atom is 0.233 e. The molecule has 0 atom stereocenters. The lowest BCUT2D eigenvalue weighted by Crippen LogP contribution is -2.32. The molecule has 120 valence electrons. The van der Waals surface area contributed by atoms with E-state index in [1.165, 1.54) is 11.8 Å². The molecule has 0 aliphatic carbocycles. The van der Waals surface area contributed by atoms with Crippen LogP contribution in [0.1, 0.15) is 25.3 Å². The molecule has 0 saturated carbocycles. The van der Waals surface area contributed by atoms with Crippen LogP contribution in [0, 0.1) is 0 Å². The smallest absolute Gasteiger partial charge is 0.233 e. The summed E-state index contributed by atoms with van der Waals surface area (Å²) in [6.07, 6.45) is 3.24. The lowest BCUT2D eigenvalue weighted by Gasteiger charge is -2.18. The molecule has 0 spiro atoms. The molecule has 2 rings (SSSR count). The first-order valence-corrected chi connectivity index (χ1v) is 8.26. The molecule has 6 nitrogen and oxygen atoms in total. The number of imidazole rings is 1. The van der Waals surface area contributed by atoms with Gasteiger partial charge in [0.25, 0.3) is 0 Å². The highest BCUT2D eigenvalue weighted by Gasteiger charge is 2.15. The summed E-state index contributed by atoms with van der Waals surface area (Å²) in [5.74, 6) is 1.21. The molecule has 0 saturated heterocycles. The Kier molecular flexibility index (Phi) is 6.09. The molecule has 7 heteroatoms. The molecule has 1 N–H and O–H groups in total. The number of hydrogen-bond acceptors (Lipinski definition) is 5. The highest BCUT2D eigenvalue weighted by molar-refractivity contribution is 7.99. The minimum Gasteiger partial charge on any atom is -0.467 e. The van der Waals surface area contributed by atoms with Gasteiger partial charge < -0.3 is 19.0 Å². The van der Waals surface area contributed by atoms with Gasteiger partial charge in [0.2, 0.25) is 5.91 Å². The Morgan fingerprint density at radius 1 is 1.45 bits per heavy atom. The number of aromatic nitrogens is 2. The van der Waals surface area contributed by atoms with Crippen LogP contribution in [0.5, 0.6) is 0 Å². The molecule has 0 unspecified atom stereocenters. The Bertz CT molecular complexity index is 591. The Labute approximate surface area is 134 Å². The molecule has 0 aromatic carbocycles. The van der Waals surface area contributed by atoms with Gasteiger partial charge in [-0.25, -0.2) is 4.98 Å². The average molecular weight is 323 g/mol. The van der Waals surface area contributed by atoms with Crippen molar-refractivity contribution in [2.24, 2.45) is 0 Å². The predicted molar refractivity (Wildman–Crippen MR) is 84.6 cm³/mol. The summed E-state index contributed by atoms with van der Waals surface area (Å²) in [5.41, 5.74) is 0.703.